The van der Waals surface area contributed by atoms with Crippen molar-refractivity contribution in [2.45, 2.75) is 44.6 Å². The molecule has 0 atom stereocenters. The highest BCUT2D eigenvalue weighted by atomic mass is 35.5. The number of amides is 2. The van der Waals surface area contributed by atoms with Crippen LogP contribution in [0.3, 0.4) is 0 Å². The summed E-state index contributed by atoms with van der Waals surface area (Å²) in [6.07, 6.45) is 2.15. The van der Waals surface area contributed by atoms with E-state index in [0.717, 1.165) is 29.8 Å². The first-order valence-electron chi connectivity index (χ1n) is 10.7. The first kappa shape index (κ1) is 27.3. The van der Waals surface area contributed by atoms with Crippen LogP contribution in [0.5, 0.6) is 0 Å². The maximum Gasteiger partial charge on any atom is 0.256 e. The zero-order valence-electron chi connectivity index (χ0n) is 19.1. The molecule has 0 aliphatic carbocycles. The highest BCUT2D eigenvalue weighted by Gasteiger charge is 2.27. The topological polar surface area (TPSA) is 113 Å². The number of carbonyl (C=O) groups excluding carboxylic acids is 2. The van der Waals surface area contributed by atoms with Crippen molar-refractivity contribution in [2.75, 3.05) is 32.0 Å². The summed E-state index contributed by atoms with van der Waals surface area (Å²) >= 11 is 1.36. The number of nitrogens with one attached hydrogen (secondary N) is 1. The van der Waals surface area contributed by atoms with Gasteiger partial charge in [-0.1, -0.05) is 13.8 Å². The lowest BCUT2D eigenvalue weighted by molar-refractivity contribution is 0.1000. The van der Waals surface area contributed by atoms with E-state index in [0.29, 0.717) is 42.2 Å². The Kier molecular flexibility index (Phi) is 9.45. The van der Waals surface area contributed by atoms with Crippen molar-refractivity contribution in [3.63, 3.8) is 0 Å². The average molecular weight is 515 g/mol. The second-order valence-electron chi connectivity index (χ2n) is 7.94. The average Bonchev–Trinajstić information content (AvgIpc) is 3.10. The Balaban J connectivity index is 0.00000385. The predicted octanol–water partition coefficient (Wildman–Crippen LogP) is 3.32. The molecule has 2 amide bonds. The SMILES string of the molecule is CCCN(CCC)S(=O)(=O)c1ccc(C(=O)Nc2sc3c(c2C(N)=O)CCN(C)C3)cc1.Cl. The van der Waals surface area contributed by atoms with E-state index in [-0.39, 0.29) is 17.3 Å². The third-order valence-corrected chi connectivity index (χ3v) is 8.47. The van der Waals surface area contributed by atoms with E-state index in [2.05, 4.69) is 10.2 Å². The molecule has 0 fully saturated rings. The number of thiophene rings is 1. The molecule has 0 unspecified atom stereocenters. The van der Waals surface area contributed by atoms with Crippen molar-refractivity contribution in [3.8, 4) is 0 Å². The summed E-state index contributed by atoms with van der Waals surface area (Å²) < 4.78 is 27.3. The molecular formula is C22H31ClN4O4S2. The highest BCUT2D eigenvalue weighted by Crippen LogP contribution is 2.36. The molecule has 0 saturated carbocycles. The number of carbonyl (C=O) groups is 2. The van der Waals surface area contributed by atoms with Crippen LogP contribution in [-0.4, -0.2) is 56.1 Å². The summed E-state index contributed by atoms with van der Waals surface area (Å²) in [5.74, 6) is -0.974. The van der Waals surface area contributed by atoms with E-state index < -0.39 is 21.8 Å². The number of halogens is 1. The summed E-state index contributed by atoms with van der Waals surface area (Å²) in [4.78, 5) is 28.2. The number of primary amides is 1. The molecule has 1 aliphatic rings. The lowest BCUT2D eigenvalue weighted by atomic mass is 10.0. The Morgan fingerprint density at radius 1 is 1.15 bits per heavy atom. The zero-order chi connectivity index (χ0) is 23.5. The van der Waals surface area contributed by atoms with Crippen molar-refractivity contribution < 1.29 is 18.0 Å². The van der Waals surface area contributed by atoms with E-state index in [9.17, 15) is 18.0 Å². The number of sulfonamides is 1. The van der Waals surface area contributed by atoms with Gasteiger partial charge in [0.15, 0.2) is 0 Å². The smallest absolute Gasteiger partial charge is 0.256 e. The quantitative estimate of drug-likeness (QED) is 0.533. The van der Waals surface area contributed by atoms with Gasteiger partial charge in [0, 0.05) is 36.6 Å². The van der Waals surface area contributed by atoms with Gasteiger partial charge in [0.2, 0.25) is 10.0 Å². The number of fused-ring (bicyclic) bond motifs is 1. The first-order valence-corrected chi connectivity index (χ1v) is 13.0. The van der Waals surface area contributed by atoms with Crippen molar-refractivity contribution in [1.29, 1.82) is 0 Å². The molecule has 33 heavy (non-hydrogen) atoms. The van der Waals surface area contributed by atoms with Gasteiger partial charge in [-0.05, 0) is 56.1 Å². The van der Waals surface area contributed by atoms with E-state index in [1.54, 1.807) is 0 Å². The number of anilines is 1. The van der Waals surface area contributed by atoms with Gasteiger partial charge in [-0.15, -0.1) is 23.7 Å². The van der Waals surface area contributed by atoms with Gasteiger partial charge in [0.25, 0.3) is 11.8 Å². The Hall–Kier alpha value is -1.98. The Bertz CT molecular complexity index is 1090. The van der Waals surface area contributed by atoms with Crippen LogP contribution in [-0.2, 0) is 23.0 Å². The van der Waals surface area contributed by atoms with Gasteiger partial charge in [-0.2, -0.15) is 4.31 Å². The number of nitrogens with zero attached hydrogens (tertiary/aromatic N) is 2. The number of hydrogen-bond acceptors (Lipinski definition) is 6. The monoisotopic (exact) mass is 514 g/mol. The first-order chi connectivity index (χ1) is 15.2. The molecular weight excluding hydrogens is 484 g/mol. The predicted molar refractivity (Wildman–Crippen MR) is 134 cm³/mol. The standard InChI is InChI=1S/C22H30N4O4S2.ClH/c1-4-11-26(12-5-2)32(29,30)16-8-6-15(7-9-16)21(28)24-22-19(20(23)27)17-10-13-25(3)14-18(17)31-22;/h6-9H,4-5,10-14H2,1-3H3,(H2,23,27)(H,24,28);1H. The Morgan fingerprint density at radius 2 is 1.76 bits per heavy atom. The van der Waals surface area contributed by atoms with Crippen LogP contribution in [0.25, 0.3) is 0 Å². The summed E-state index contributed by atoms with van der Waals surface area (Å²) in [5, 5.41) is 3.24. The maximum atomic E-state index is 12.9. The number of benzene rings is 1. The van der Waals surface area contributed by atoms with E-state index in [4.69, 9.17) is 5.73 Å². The minimum Gasteiger partial charge on any atom is -0.365 e. The van der Waals surface area contributed by atoms with Crippen LogP contribution in [0, 0.1) is 0 Å². The summed E-state index contributed by atoms with van der Waals surface area (Å²) in [6, 6.07) is 5.88. The number of likely N-dealkylation sites (N-methyl/N-ethyl adjacent to an activating group) is 1. The lowest BCUT2D eigenvalue weighted by Crippen LogP contribution is -2.32. The third-order valence-electron chi connectivity index (χ3n) is 5.42. The minimum atomic E-state index is -3.61. The van der Waals surface area contributed by atoms with Crippen LogP contribution in [0.2, 0.25) is 0 Å². The van der Waals surface area contributed by atoms with Gasteiger partial charge < -0.3 is 16.0 Å². The van der Waals surface area contributed by atoms with E-state index in [1.165, 1.54) is 39.9 Å². The number of hydrogen-bond donors (Lipinski definition) is 2. The summed E-state index contributed by atoms with van der Waals surface area (Å²) in [5.41, 5.74) is 7.20. The van der Waals surface area contributed by atoms with Crippen molar-refractivity contribution in [1.82, 2.24) is 9.21 Å². The van der Waals surface area contributed by atoms with Gasteiger partial charge >= 0.3 is 0 Å². The number of nitrogens with two attached hydrogens (primary N) is 1. The molecule has 2 aromatic rings. The molecule has 0 spiro atoms. The summed E-state index contributed by atoms with van der Waals surface area (Å²) in [7, 11) is -1.61. The van der Waals surface area contributed by atoms with Crippen LogP contribution in [0.15, 0.2) is 29.2 Å². The fourth-order valence-electron chi connectivity index (χ4n) is 3.83. The highest BCUT2D eigenvalue weighted by molar-refractivity contribution is 7.89. The molecule has 0 radical (unpaired) electrons. The fraction of sp³-hybridized carbons (Fsp3) is 0.455. The molecule has 8 nitrogen and oxygen atoms in total. The Morgan fingerprint density at radius 3 is 2.30 bits per heavy atom. The maximum absolute atomic E-state index is 12.9. The molecule has 1 aromatic carbocycles. The van der Waals surface area contributed by atoms with Crippen LogP contribution in [0.4, 0.5) is 5.00 Å². The van der Waals surface area contributed by atoms with Gasteiger partial charge in [-0.3, -0.25) is 9.59 Å². The molecule has 182 valence electrons. The largest absolute Gasteiger partial charge is 0.365 e. The molecule has 0 saturated heterocycles. The van der Waals surface area contributed by atoms with Crippen molar-refractivity contribution in [2.24, 2.45) is 5.73 Å². The normalized spacial score (nSPS) is 13.9. The second kappa shape index (κ2) is 11.4. The van der Waals surface area contributed by atoms with Gasteiger partial charge in [0.1, 0.15) is 5.00 Å². The van der Waals surface area contributed by atoms with Gasteiger partial charge in [-0.25, -0.2) is 8.42 Å². The lowest BCUT2D eigenvalue weighted by Gasteiger charge is -2.22. The molecule has 3 N–H and O–H groups in total. The molecule has 1 aromatic heterocycles. The van der Waals surface area contributed by atoms with Crippen LogP contribution >= 0.6 is 23.7 Å². The Labute approximate surface area is 205 Å². The molecule has 1 aliphatic heterocycles. The molecule has 3 rings (SSSR count). The third kappa shape index (κ3) is 5.93. The fourth-order valence-corrected chi connectivity index (χ4v) is 6.79. The van der Waals surface area contributed by atoms with E-state index >= 15 is 0 Å². The van der Waals surface area contributed by atoms with E-state index in [1.807, 2.05) is 20.9 Å². The molecule has 2 heterocycles. The number of rotatable bonds is 9. The zero-order valence-corrected chi connectivity index (χ0v) is 21.5. The second-order valence-corrected chi connectivity index (χ2v) is 11.0. The van der Waals surface area contributed by atoms with Crippen molar-refractivity contribution in [3.05, 3.63) is 45.8 Å². The van der Waals surface area contributed by atoms with Crippen LogP contribution < -0.4 is 11.1 Å². The van der Waals surface area contributed by atoms with Gasteiger partial charge in [0.05, 0.1) is 10.5 Å². The molecule has 0 bridgehead atoms. The molecule has 11 heteroatoms. The minimum absolute atomic E-state index is 0. The summed E-state index contributed by atoms with van der Waals surface area (Å²) in [6.45, 7) is 6.30. The van der Waals surface area contributed by atoms with Crippen LogP contribution in [0.1, 0.15) is 57.8 Å². The van der Waals surface area contributed by atoms with Crippen molar-refractivity contribution >= 4 is 50.6 Å².